The summed E-state index contributed by atoms with van der Waals surface area (Å²) in [5, 5.41) is -0.570. The molecule has 1 aromatic rings. The van der Waals surface area contributed by atoms with Gasteiger partial charge < -0.3 is 9.31 Å². The van der Waals surface area contributed by atoms with E-state index in [9.17, 15) is 8.42 Å². The molecule has 0 radical (unpaired) electrons. The number of hydrogen-bond acceptors (Lipinski definition) is 5. The molecule has 0 amide bonds. The van der Waals surface area contributed by atoms with Gasteiger partial charge in [-0.15, -0.1) is 0 Å². The highest BCUT2D eigenvalue weighted by molar-refractivity contribution is 7.93. The van der Waals surface area contributed by atoms with Crippen LogP contribution in [-0.2, 0) is 19.1 Å². The first-order valence-corrected chi connectivity index (χ1v) is 10.5. The van der Waals surface area contributed by atoms with Crippen molar-refractivity contribution in [1.82, 2.24) is 4.98 Å². The minimum atomic E-state index is -2.97. The van der Waals surface area contributed by atoms with E-state index in [0.29, 0.717) is 6.42 Å². The van der Waals surface area contributed by atoms with Crippen LogP contribution in [0.4, 0.5) is 0 Å². The molecule has 2 bridgehead atoms. The summed E-state index contributed by atoms with van der Waals surface area (Å²) in [5.41, 5.74) is 2.13. The van der Waals surface area contributed by atoms with Crippen LogP contribution in [0.3, 0.4) is 0 Å². The van der Waals surface area contributed by atoms with E-state index in [1.165, 1.54) is 0 Å². The van der Waals surface area contributed by atoms with Gasteiger partial charge in [-0.3, -0.25) is 4.98 Å². The lowest BCUT2D eigenvalue weighted by atomic mass is 9.79. The minimum Gasteiger partial charge on any atom is -0.399 e. The molecular formula is C18H24BNO4S. The first-order chi connectivity index (χ1) is 11.6. The molecule has 0 saturated carbocycles. The van der Waals surface area contributed by atoms with E-state index in [4.69, 9.17) is 9.31 Å². The third-order valence-corrected chi connectivity index (χ3v) is 8.70. The Labute approximate surface area is 149 Å². The second-order valence-corrected chi connectivity index (χ2v) is 10.8. The van der Waals surface area contributed by atoms with Gasteiger partial charge in [0.25, 0.3) is 0 Å². The standard InChI is InChI=1S/C18H24BNO4S/c1-17(2)18(3,4)24-19(23-17)14-7-13(10-20-11-14)12-8-15-5-6-16(9-12)25(15,21)22/h7-8,10-11,15-16H,5-6,9H2,1-4H3. The molecule has 3 aliphatic rings. The van der Waals surface area contributed by atoms with E-state index in [1.54, 1.807) is 12.4 Å². The normalized spacial score (nSPS) is 31.8. The quantitative estimate of drug-likeness (QED) is 0.755. The minimum absolute atomic E-state index is 0.238. The van der Waals surface area contributed by atoms with Gasteiger partial charge >= 0.3 is 7.12 Å². The topological polar surface area (TPSA) is 65.5 Å². The van der Waals surface area contributed by atoms with E-state index in [2.05, 4.69) is 4.98 Å². The molecule has 7 heteroatoms. The van der Waals surface area contributed by atoms with E-state index in [0.717, 1.165) is 29.4 Å². The van der Waals surface area contributed by atoms with Crippen LogP contribution in [0, 0.1) is 0 Å². The molecule has 25 heavy (non-hydrogen) atoms. The molecule has 4 heterocycles. The van der Waals surface area contributed by atoms with Gasteiger partial charge in [-0.1, -0.05) is 12.1 Å². The Bertz CT molecular complexity index is 830. The Kier molecular flexibility index (Phi) is 3.73. The van der Waals surface area contributed by atoms with Crippen LogP contribution in [0.2, 0.25) is 0 Å². The largest absolute Gasteiger partial charge is 0.496 e. The monoisotopic (exact) mass is 361 g/mol. The van der Waals surface area contributed by atoms with Crippen LogP contribution < -0.4 is 5.46 Å². The summed E-state index contributed by atoms with van der Waals surface area (Å²) in [7, 11) is -3.43. The molecule has 5 nitrogen and oxygen atoms in total. The molecule has 2 unspecified atom stereocenters. The number of fused-ring (bicyclic) bond motifs is 2. The summed E-state index contributed by atoms with van der Waals surface area (Å²) in [6, 6.07) is 2.03. The number of rotatable bonds is 2. The van der Waals surface area contributed by atoms with Gasteiger partial charge in [0, 0.05) is 17.9 Å². The fourth-order valence-electron chi connectivity index (χ4n) is 3.82. The predicted octanol–water partition coefficient (Wildman–Crippen LogP) is 2.11. The van der Waals surface area contributed by atoms with Gasteiger partial charge in [0.15, 0.2) is 9.84 Å². The molecule has 3 aliphatic heterocycles. The summed E-state index contributed by atoms with van der Waals surface area (Å²) in [4.78, 5) is 4.36. The second-order valence-electron chi connectivity index (χ2n) is 8.32. The van der Waals surface area contributed by atoms with Crippen molar-refractivity contribution in [1.29, 1.82) is 0 Å². The number of allylic oxidation sites excluding steroid dienone is 1. The van der Waals surface area contributed by atoms with Crippen molar-refractivity contribution in [2.75, 3.05) is 0 Å². The summed E-state index contributed by atoms with van der Waals surface area (Å²) >= 11 is 0. The lowest BCUT2D eigenvalue weighted by Gasteiger charge is -2.32. The SMILES string of the molecule is CC1(C)OB(c2cncc(C3=CC4CCC(C3)S4(=O)=O)c2)OC1(C)C. The lowest BCUT2D eigenvalue weighted by Crippen LogP contribution is -2.41. The predicted molar refractivity (Wildman–Crippen MR) is 98.3 cm³/mol. The maximum atomic E-state index is 12.3. The Morgan fingerprint density at radius 2 is 1.80 bits per heavy atom. The van der Waals surface area contributed by atoms with Crippen molar-refractivity contribution in [3.8, 4) is 0 Å². The molecule has 1 aromatic heterocycles. The molecule has 4 rings (SSSR count). The summed E-state index contributed by atoms with van der Waals surface area (Å²) in [6.45, 7) is 8.10. The van der Waals surface area contributed by atoms with Crippen molar-refractivity contribution in [3.63, 3.8) is 0 Å². The molecular weight excluding hydrogens is 337 g/mol. The van der Waals surface area contributed by atoms with Crippen LogP contribution in [0.1, 0.15) is 52.5 Å². The maximum Gasteiger partial charge on any atom is 0.496 e. The van der Waals surface area contributed by atoms with Gasteiger partial charge in [-0.2, -0.15) is 0 Å². The van der Waals surface area contributed by atoms with Gasteiger partial charge in [0.05, 0.1) is 21.7 Å². The van der Waals surface area contributed by atoms with Crippen LogP contribution in [0.25, 0.3) is 5.57 Å². The summed E-state index contributed by atoms with van der Waals surface area (Å²) in [6.07, 6.45) is 7.56. The van der Waals surface area contributed by atoms with Crippen molar-refractivity contribution >= 4 is 28.0 Å². The van der Waals surface area contributed by atoms with E-state index >= 15 is 0 Å². The van der Waals surface area contributed by atoms with Gasteiger partial charge in [0.2, 0.25) is 0 Å². The Morgan fingerprint density at radius 1 is 1.12 bits per heavy atom. The number of pyridine rings is 1. The van der Waals surface area contributed by atoms with E-state index < -0.39 is 28.2 Å². The fraction of sp³-hybridized carbons (Fsp3) is 0.611. The molecule has 134 valence electrons. The first kappa shape index (κ1) is 17.2. The van der Waals surface area contributed by atoms with Gasteiger partial charge in [0.1, 0.15) is 0 Å². The van der Waals surface area contributed by atoms with Crippen molar-refractivity contribution < 1.29 is 17.7 Å². The third kappa shape index (κ3) is 2.68. The van der Waals surface area contributed by atoms with E-state index in [1.807, 2.05) is 39.8 Å². The Morgan fingerprint density at radius 3 is 2.44 bits per heavy atom. The van der Waals surface area contributed by atoms with Crippen LogP contribution in [-0.4, -0.2) is 42.2 Å². The average molecular weight is 361 g/mol. The van der Waals surface area contributed by atoms with Crippen molar-refractivity contribution in [2.24, 2.45) is 0 Å². The highest BCUT2D eigenvalue weighted by Gasteiger charge is 2.52. The smallest absolute Gasteiger partial charge is 0.399 e. The zero-order valence-electron chi connectivity index (χ0n) is 15.2. The average Bonchev–Trinajstić information content (AvgIpc) is 2.81. The van der Waals surface area contributed by atoms with Gasteiger partial charge in [-0.05, 0) is 58.1 Å². The summed E-state index contributed by atoms with van der Waals surface area (Å²) < 4.78 is 36.7. The fourth-order valence-corrected chi connectivity index (χ4v) is 6.00. The highest BCUT2D eigenvalue weighted by atomic mass is 32.2. The first-order valence-electron chi connectivity index (χ1n) is 8.84. The Balaban J connectivity index is 1.64. The molecule has 0 aromatic carbocycles. The van der Waals surface area contributed by atoms with Crippen LogP contribution >= 0.6 is 0 Å². The zero-order chi connectivity index (χ0) is 18.0. The zero-order valence-corrected chi connectivity index (χ0v) is 16.0. The number of hydrogen-bond donors (Lipinski definition) is 0. The lowest BCUT2D eigenvalue weighted by molar-refractivity contribution is 0.00578. The molecule has 0 spiro atoms. The number of nitrogens with zero attached hydrogens (tertiary/aromatic N) is 1. The number of sulfone groups is 1. The van der Waals surface area contributed by atoms with Crippen molar-refractivity contribution in [3.05, 3.63) is 30.1 Å². The van der Waals surface area contributed by atoms with Crippen molar-refractivity contribution in [2.45, 2.75) is 68.7 Å². The molecule has 0 N–H and O–H groups in total. The number of aromatic nitrogens is 1. The van der Waals surface area contributed by atoms with E-state index in [-0.39, 0.29) is 10.5 Å². The van der Waals surface area contributed by atoms with Gasteiger partial charge in [-0.25, -0.2) is 8.42 Å². The molecule has 0 aliphatic carbocycles. The Hall–Kier alpha value is -1.18. The molecule has 2 atom stereocenters. The molecule has 2 saturated heterocycles. The maximum absolute atomic E-state index is 12.3. The van der Waals surface area contributed by atoms with Crippen LogP contribution in [0.15, 0.2) is 24.5 Å². The third-order valence-electron chi connectivity index (χ3n) is 6.15. The highest BCUT2D eigenvalue weighted by Crippen LogP contribution is 2.41. The summed E-state index contributed by atoms with van der Waals surface area (Å²) in [5.74, 6) is 0. The molecule has 2 fully saturated rings. The van der Waals surface area contributed by atoms with Crippen LogP contribution in [0.5, 0.6) is 0 Å². The second kappa shape index (κ2) is 5.41.